The van der Waals surface area contributed by atoms with Crippen LogP contribution in [0.3, 0.4) is 0 Å². The Balaban J connectivity index is 2.21. The summed E-state index contributed by atoms with van der Waals surface area (Å²) < 4.78 is 38.9. The van der Waals surface area contributed by atoms with Crippen molar-refractivity contribution in [1.29, 1.82) is 5.26 Å². The SMILES string of the molecule is CC(C)N1CCN(c2ccc(C#N)c(C(F)(F)F)c2)CC1. The number of piperazine rings is 1. The maximum Gasteiger partial charge on any atom is 0.417 e. The standard InChI is InChI=1S/C15H18F3N3/c1-11(2)20-5-7-21(8-6-20)13-4-3-12(10-19)14(9-13)15(16,17)18/h3-4,9,11H,5-8H2,1-2H3. The molecule has 1 aromatic rings. The van der Waals surface area contributed by atoms with Gasteiger partial charge in [-0.15, -0.1) is 0 Å². The van der Waals surface area contributed by atoms with E-state index in [0.717, 1.165) is 19.2 Å². The maximum atomic E-state index is 13.0. The van der Waals surface area contributed by atoms with Crippen molar-refractivity contribution in [3.8, 4) is 6.07 Å². The molecule has 0 aliphatic carbocycles. The Morgan fingerprint density at radius 1 is 1.14 bits per heavy atom. The van der Waals surface area contributed by atoms with Crippen LogP contribution in [-0.4, -0.2) is 37.1 Å². The molecule has 0 saturated carbocycles. The topological polar surface area (TPSA) is 30.3 Å². The normalized spacial score (nSPS) is 17.1. The number of hydrogen-bond donors (Lipinski definition) is 0. The highest BCUT2D eigenvalue weighted by Gasteiger charge is 2.34. The van der Waals surface area contributed by atoms with Crippen LogP contribution in [0, 0.1) is 11.3 Å². The summed E-state index contributed by atoms with van der Waals surface area (Å²) in [5, 5.41) is 8.81. The molecule has 0 radical (unpaired) electrons. The van der Waals surface area contributed by atoms with Gasteiger partial charge in [-0.25, -0.2) is 0 Å². The van der Waals surface area contributed by atoms with Crippen LogP contribution in [0.4, 0.5) is 18.9 Å². The Bertz CT molecular complexity index is 538. The maximum absolute atomic E-state index is 13.0. The van der Waals surface area contributed by atoms with Crippen LogP contribution < -0.4 is 4.90 Å². The van der Waals surface area contributed by atoms with E-state index in [4.69, 9.17) is 5.26 Å². The minimum absolute atomic E-state index is 0.327. The first kappa shape index (κ1) is 15.6. The van der Waals surface area contributed by atoms with Crippen LogP contribution in [0.5, 0.6) is 0 Å². The summed E-state index contributed by atoms with van der Waals surface area (Å²) >= 11 is 0. The van der Waals surface area contributed by atoms with Crippen molar-refractivity contribution < 1.29 is 13.2 Å². The van der Waals surface area contributed by atoms with Gasteiger partial charge in [0.05, 0.1) is 17.2 Å². The van der Waals surface area contributed by atoms with Crippen molar-refractivity contribution in [3.63, 3.8) is 0 Å². The monoisotopic (exact) mass is 297 g/mol. The fraction of sp³-hybridized carbons (Fsp3) is 0.533. The summed E-state index contributed by atoms with van der Waals surface area (Å²) in [7, 11) is 0. The van der Waals surface area contributed by atoms with Crippen LogP contribution in [0.15, 0.2) is 18.2 Å². The predicted molar refractivity (Wildman–Crippen MR) is 75.1 cm³/mol. The van der Waals surface area contributed by atoms with Gasteiger partial charge in [-0.3, -0.25) is 4.90 Å². The second kappa shape index (κ2) is 5.94. The molecule has 21 heavy (non-hydrogen) atoms. The lowest BCUT2D eigenvalue weighted by Crippen LogP contribution is -2.48. The molecule has 6 heteroatoms. The molecule has 1 heterocycles. The smallest absolute Gasteiger partial charge is 0.369 e. The molecule has 0 unspecified atom stereocenters. The highest BCUT2D eigenvalue weighted by molar-refractivity contribution is 5.55. The van der Waals surface area contributed by atoms with Crippen LogP contribution in [-0.2, 0) is 6.18 Å². The molecule has 0 atom stereocenters. The largest absolute Gasteiger partial charge is 0.417 e. The van der Waals surface area contributed by atoms with Gasteiger partial charge >= 0.3 is 6.18 Å². The van der Waals surface area contributed by atoms with E-state index in [1.54, 1.807) is 12.1 Å². The van der Waals surface area contributed by atoms with Gasteiger partial charge in [0.15, 0.2) is 0 Å². The van der Waals surface area contributed by atoms with Crippen molar-refractivity contribution in [1.82, 2.24) is 4.90 Å². The van der Waals surface area contributed by atoms with Crippen LogP contribution >= 0.6 is 0 Å². The second-order valence-corrected chi connectivity index (χ2v) is 5.46. The molecule has 114 valence electrons. The number of nitriles is 1. The molecule has 0 amide bonds. The van der Waals surface area contributed by atoms with Gasteiger partial charge in [0, 0.05) is 37.9 Å². The zero-order valence-corrected chi connectivity index (χ0v) is 12.1. The number of rotatable bonds is 2. The Morgan fingerprint density at radius 2 is 1.76 bits per heavy atom. The van der Waals surface area contributed by atoms with E-state index in [2.05, 4.69) is 18.7 Å². The van der Waals surface area contributed by atoms with E-state index < -0.39 is 11.7 Å². The minimum Gasteiger partial charge on any atom is -0.369 e. The third-order valence-corrected chi connectivity index (χ3v) is 3.84. The molecular formula is C15H18F3N3. The molecular weight excluding hydrogens is 279 g/mol. The van der Waals surface area contributed by atoms with Crippen molar-refractivity contribution in [3.05, 3.63) is 29.3 Å². The highest BCUT2D eigenvalue weighted by atomic mass is 19.4. The predicted octanol–water partition coefficient (Wildman–Crippen LogP) is 3.11. The average Bonchev–Trinajstić information content (AvgIpc) is 2.45. The zero-order valence-electron chi connectivity index (χ0n) is 12.1. The Morgan fingerprint density at radius 3 is 2.24 bits per heavy atom. The molecule has 2 rings (SSSR count). The number of halogens is 3. The van der Waals surface area contributed by atoms with Gasteiger partial charge in [0.2, 0.25) is 0 Å². The Hall–Kier alpha value is -1.74. The lowest BCUT2D eigenvalue weighted by Gasteiger charge is -2.38. The molecule has 1 fully saturated rings. The molecule has 1 aliphatic heterocycles. The van der Waals surface area contributed by atoms with Crippen LogP contribution in [0.25, 0.3) is 0 Å². The lowest BCUT2D eigenvalue weighted by atomic mass is 10.1. The highest BCUT2D eigenvalue weighted by Crippen LogP contribution is 2.34. The van der Waals surface area contributed by atoms with Crippen molar-refractivity contribution in [2.24, 2.45) is 0 Å². The van der Waals surface area contributed by atoms with E-state index in [1.165, 1.54) is 6.07 Å². The minimum atomic E-state index is -4.50. The second-order valence-electron chi connectivity index (χ2n) is 5.46. The van der Waals surface area contributed by atoms with Crippen molar-refractivity contribution >= 4 is 5.69 Å². The third kappa shape index (κ3) is 3.48. The van der Waals surface area contributed by atoms with Gasteiger partial charge in [0.1, 0.15) is 0 Å². The van der Waals surface area contributed by atoms with E-state index >= 15 is 0 Å². The molecule has 1 saturated heterocycles. The lowest BCUT2D eigenvalue weighted by molar-refractivity contribution is -0.137. The molecule has 0 spiro atoms. The van der Waals surface area contributed by atoms with E-state index in [9.17, 15) is 13.2 Å². The first-order valence-corrected chi connectivity index (χ1v) is 6.93. The van der Waals surface area contributed by atoms with E-state index in [0.29, 0.717) is 24.8 Å². The third-order valence-electron chi connectivity index (χ3n) is 3.84. The van der Waals surface area contributed by atoms with E-state index in [-0.39, 0.29) is 5.56 Å². The van der Waals surface area contributed by atoms with Gasteiger partial charge in [-0.05, 0) is 32.0 Å². The summed E-state index contributed by atoms with van der Waals surface area (Å²) in [6.45, 7) is 7.28. The number of anilines is 1. The number of nitrogens with zero attached hydrogens (tertiary/aromatic N) is 3. The molecule has 0 bridgehead atoms. The molecule has 1 aliphatic rings. The summed E-state index contributed by atoms with van der Waals surface area (Å²) in [5.74, 6) is 0. The Labute approximate surface area is 122 Å². The van der Waals surface area contributed by atoms with Crippen molar-refractivity contribution in [2.75, 3.05) is 31.1 Å². The van der Waals surface area contributed by atoms with Crippen LogP contribution in [0.1, 0.15) is 25.0 Å². The molecule has 3 nitrogen and oxygen atoms in total. The molecule has 0 N–H and O–H groups in total. The molecule has 1 aromatic carbocycles. The van der Waals surface area contributed by atoms with Gasteiger partial charge < -0.3 is 4.90 Å². The van der Waals surface area contributed by atoms with Crippen LogP contribution in [0.2, 0.25) is 0 Å². The first-order valence-electron chi connectivity index (χ1n) is 6.93. The van der Waals surface area contributed by atoms with Gasteiger partial charge in [0.25, 0.3) is 0 Å². The quantitative estimate of drug-likeness (QED) is 0.840. The summed E-state index contributed by atoms with van der Waals surface area (Å²) in [5.41, 5.74) is -0.648. The number of benzene rings is 1. The van der Waals surface area contributed by atoms with E-state index in [1.807, 2.05) is 4.90 Å². The number of hydrogen-bond acceptors (Lipinski definition) is 3. The fourth-order valence-corrected chi connectivity index (χ4v) is 2.56. The fourth-order valence-electron chi connectivity index (χ4n) is 2.56. The zero-order chi connectivity index (χ0) is 15.6. The number of alkyl halides is 3. The summed E-state index contributed by atoms with van der Waals surface area (Å²) in [6, 6.07) is 5.99. The molecule has 0 aromatic heterocycles. The first-order chi connectivity index (χ1) is 9.82. The average molecular weight is 297 g/mol. The van der Waals surface area contributed by atoms with Gasteiger partial charge in [-0.1, -0.05) is 0 Å². The summed E-state index contributed by atoms with van der Waals surface area (Å²) in [4.78, 5) is 4.24. The van der Waals surface area contributed by atoms with Crippen molar-refractivity contribution in [2.45, 2.75) is 26.1 Å². The van der Waals surface area contributed by atoms with Gasteiger partial charge in [-0.2, -0.15) is 18.4 Å². The summed E-state index contributed by atoms with van der Waals surface area (Å²) in [6.07, 6.45) is -4.50. The Kier molecular flexibility index (Phi) is 4.43.